The molecule has 1 saturated heterocycles. The molecule has 0 radical (unpaired) electrons. The third kappa shape index (κ3) is 3.55. The van der Waals surface area contributed by atoms with E-state index in [1.807, 2.05) is 0 Å². The van der Waals surface area contributed by atoms with Gasteiger partial charge in [0.05, 0.1) is 6.10 Å². The second kappa shape index (κ2) is 5.55. The minimum Gasteiger partial charge on any atom is -0.392 e. The lowest BCUT2D eigenvalue weighted by molar-refractivity contribution is 0.0943. The first kappa shape index (κ1) is 10.0. The number of nitrogens with zero attached hydrogens (tertiary/aromatic N) is 1. The van der Waals surface area contributed by atoms with Crippen LogP contribution in [0.25, 0.3) is 0 Å². The predicted octanol–water partition coefficient (Wildman–Crippen LogP) is 1.63. The van der Waals surface area contributed by atoms with Crippen molar-refractivity contribution in [2.24, 2.45) is 0 Å². The normalized spacial score (nSPS) is 22.5. The Labute approximate surface area is 75.6 Å². The average Bonchev–Trinajstić information content (AvgIpc) is 2.06. The number of hydrogen-bond donors (Lipinski definition) is 1. The van der Waals surface area contributed by atoms with Crippen LogP contribution in [0.1, 0.15) is 39.0 Å². The van der Waals surface area contributed by atoms with E-state index < -0.39 is 0 Å². The highest BCUT2D eigenvalue weighted by molar-refractivity contribution is 4.68. The fourth-order valence-electron chi connectivity index (χ4n) is 1.86. The van der Waals surface area contributed by atoms with Crippen LogP contribution in [-0.2, 0) is 0 Å². The van der Waals surface area contributed by atoms with Gasteiger partial charge in [-0.15, -0.1) is 0 Å². The van der Waals surface area contributed by atoms with Crippen LogP contribution >= 0.6 is 0 Å². The van der Waals surface area contributed by atoms with E-state index in [0.717, 1.165) is 19.4 Å². The van der Waals surface area contributed by atoms with E-state index in [0.29, 0.717) is 0 Å². The smallest absolute Gasteiger partial charge is 0.0667 e. The molecule has 0 aromatic heterocycles. The Hall–Kier alpha value is -0.0800. The highest BCUT2D eigenvalue weighted by atomic mass is 16.3. The lowest BCUT2D eigenvalue weighted by Crippen LogP contribution is -2.36. The van der Waals surface area contributed by atoms with Gasteiger partial charge in [-0.3, -0.25) is 0 Å². The molecule has 12 heavy (non-hydrogen) atoms. The average molecular weight is 171 g/mol. The second-order valence-electron chi connectivity index (χ2n) is 3.80. The summed E-state index contributed by atoms with van der Waals surface area (Å²) < 4.78 is 0. The topological polar surface area (TPSA) is 23.5 Å². The molecule has 1 unspecified atom stereocenters. The molecule has 1 aliphatic heterocycles. The number of rotatable bonds is 4. The van der Waals surface area contributed by atoms with Gasteiger partial charge in [0.2, 0.25) is 0 Å². The van der Waals surface area contributed by atoms with E-state index in [4.69, 9.17) is 0 Å². The molecule has 0 aromatic rings. The van der Waals surface area contributed by atoms with Gasteiger partial charge < -0.3 is 10.0 Å². The van der Waals surface area contributed by atoms with Crippen molar-refractivity contribution >= 4 is 0 Å². The summed E-state index contributed by atoms with van der Waals surface area (Å²) in [4.78, 5) is 2.39. The summed E-state index contributed by atoms with van der Waals surface area (Å²) >= 11 is 0. The molecule has 1 aliphatic rings. The zero-order chi connectivity index (χ0) is 8.81. The van der Waals surface area contributed by atoms with E-state index in [1.165, 1.54) is 32.4 Å². The maximum atomic E-state index is 9.56. The molecule has 2 heteroatoms. The number of aliphatic hydroxyl groups is 1. The standard InChI is InChI=1S/C10H21NO/c1-2-6-10(12)9-11-7-4-3-5-8-11/h10,12H,2-9H2,1H3. The highest BCUT2D eigenvalue weighted by Crippen LogP contribution is 2.10. The molecule has 2 nitrogen and oxygen atoms in total. The first-order valence-electron chi connectivity index (χ1n) is 5.23. The van der Waals surface area contributed by atoms with Gasteiger partial charge in [-0.25, -0.2) is 0 Å². The molecule has 1 rings (SSSR count). The van der Waals surface area contributed by atoms with Crippen LogP contribution in [0.15, 0.2) is 0 Å². The maximum Gasteiger partial charge on any atom is 0.0667 e. The predicted molar refractivity (Wildman–Crippen MR) is 51.2 cm³/mol. The molecule has 0 bridgehead atoms. The largest absolute Gasteiger partial charge is 0.392 e. The third-order valence-corrected chi connectivity index (χ3v) is 2.54. The molecule has 0 saturated carbocycles. The van der Waals surface area contributed by atoms with Gasteiger partial charge in [-0.2, -0.15) is 0 Å². The zero-order valence-electron chi connectivity index (χ0n) is 8.13. The van der Waals surface area contributed by atoms with Crippen LogP contribution in [-0.4, -0.2) is 35.7 Å². The number of β-amino-alcohol motifs (C(OH)–C–C–N with tert-alkyl or cyclic N) is 1. The van der Waals surface area contributed by atoms with Crippen LogP contribution in [0.3, 0.4) is 0 Å². The van der Waals surface area contributed by atoms with Crippen molar-refractivity contribution in [2.75, 3.05) is 19.6 Å². The second-order valence-corrected chi connectivity index (χ2v) is 3.80. The molecule has 1 fully saturated rings. The van der Waals surface area contributed by atoms with Crippen molar-refractivity contribution in [2.45, 2.75) is 45.1 Å². The fourth-order valence-corrected chi connectivity index (χ4v) is 1.86. The van der Waals surface area contributed by atoms with E-state index in [9.17, 15) is 5.11 Å². The van der Waals surface area contributed by atoms with Crippen molar-refractivity contribution in [3.63, 3.8) is 0 Å². The molecule has 0 spiro atoms. The number of likely N-dealkylation sites (tertiary alicyclic amines) is 1. The van der Waals surface area contributed by atoms with Gasteiger partial charge in [0.1, 0.15) is 0 Å². The molecular formula is C10H21NO. The van der Waals surface area contributed by atoms with Gasteiger partial charge in [-0.1, -0.05) is 19.8 Å². The Morgan fingerprint density at radius 3 is 2.50 bits per heavy atom. The number of hydrogen-bond acceptors (Lipinski definition) is 2. The molecule has 1 N–H and O–H groups in total. The summed E-state index contributed by atoms with van der Waals surface area (Å²) in [5.41, 5.74) is 0. The summed E-state index contributed by atoms with van der Waals surface area (Å²) in [7, 11) is 0. The quantitative estimate of drug-likeness (QED) is 0.695. The first-order valence-corrected chi connectivity index (χ1v) is 5.23. The molecule has 0 aliphatic carbocycles. The summed E-state index contributed by atoms with van der Waals surface area (Å²) in [6, 6.07) is 0. The van der Waals surface area contributed by atoms with Crippen LogP contribution in [0.4, 0.5) is 0 Å². The van der Waals surface area contributed by atoms with Gasteiger partial charge in [0, 0.05) is 6.54 Å². The van der Waals surface area contributed by atoms with Gasteiger partial charge >= 0.3 is 0 Å². The number of aliphatic hydroxyl groups excluding tert-OH is 1. The Morgan fingerprint density at radius 2 is 1.92 bits per heavy atom. The monoisotopic (exact) mass is 171 g/mol. The van der Waals surface area contributed by atoms with Gasteiger partial charge in [0.25, 0.3) is 0 Å². The molecular weight excluding hydrogens is 150 g/mol. The van der Waals surface area contributed by atoms with Crippen LogP contribution < -0.4 is 0 Å². The minimum absolute atomic E-state index is 0.0897. The van der Waals surface area contributed by atoms with E-state index in [-0.39, 0.29) is 6.10 Å². The van der Waals surface area contributed by atoms with Gasteiger partial charge in [-0.05, 0) is 32.4 Å². The Balaban J connectivity index is 2.11. The highest BCUT2D eigenvalue weighted by Gasteiger charge is 2.13. The van der Waals surface area contributed by atoms with Crippen LogP contribution in [0, 0.1) is 0 Å². The lowest BCUT2D eigenvalue weighted by Gasteiger charge is -2.28. The van der Waals surface area contributed by atoms with Crippen LogP contribution in [0.5, 0.6) is 0 Å². The summed E-state index contributed by atoms with van der Waals surface area (Å²) in [6.07, 6.45) is 5.97. The lowest BCUT2D eigenvalue weighted by atomic mass is 10.1. The van der Waals surface area contributed by atoms with E-state index in [1.54, 1.807) is 0 Å². The van der Waals surface area contributed by atoms with Gasteiger partial charge in [0.15, 0.2) is 0 Å². The minimum atomic E-state index is -0.0897. The van der Waals surface area contributed by atoms with E-state index in [2.05, 4.69) is 11.8 Å². The fraction of sp³-hybridized carbons (Fsp3) is 1.00. The molecule has 0 amide bonds. The molecule has 0 aromatic carbocycles. The molecule has 1 heterocycles. The SMILES string of the molecule is CCCC(O)CN1CCCCC1. The maximum absolute atomic E-state index is 9.56. The van der Waals surface area contributed by atoms with E-state index >= 15 is 0 Å². The Kier molecular flexibility index (Phi) is 4.62. The molecule has 72 valence electrons. The Bertz CT molecular complexity index is 110. The van der Waals surface area contributed by atoms with Crippen molar-refractivity contribution in [3.8, 4) is 0 Å². The van der Waals surface area contributed by atoms with Crippen molar-refractivity contribution in [3.05, 3.63) is 0 Å². The summed E-state index contributed by atoms with van der Waals surface area (Å²) in [5.74, 6) is 0. The molecule has 1 atom stereocenters. The third-order valence-electron chi connectivity index (χ3n) is 2.54. The summed E-state index contributed by atoms with van der Waals surface area (Å²) in [5, 5.41) is 9.56. The first-order chi connectivity index (χ1) is 5.83. The van der Waals surface area contributed by atoms with Crippen LogP contribution in [0.2, 0.25) is 0 Å². The van der Waals surface area contributed by atoms with Crippen molar-refractivity contribution in [1.82, 2.24) is 4.90 Å². The Morgan fingerprint density at radius 1 is 1.25 bits per heavy atom. The zero-order valence-corrected chi connectivity index (χ0v) is 8.13. The van der Waals surface area contributed by atoms with Crippen molar-refractivity contribution in [1.29, 1.82) is 0 Å². The summed E-state index contributed by atoms with van der Waals surface area (Å²) in [6.45, 7) is 5.41. The number of piperidine rings is 1. The van der Waals surface area contributed by atoms with Crippen molar-refractivity contribution < 1.29 is 5.11 Å².